The molecular formula is C14H16N2O3S. The molecule has 1 aromatic heterocycles. The van der Waals surface area contributed by atoms with Crippen LogP contribution in [-0.2, 0) is 14.3 Å². The summed E-state index contributed by atoms with van der Waals surface area (Å²) >= 11 is 0.967. The Bertz CT molecular complexity index is 579. The van der Waals surface area contributed by atoms with Crippen LogP contribution >= 0.6 is 11.8 Å². The minimum absolute atomic E-state index is 0.203. The molecule has 0 bridgehead atoms. The second-order valence-corrected chi connectivity index (χ2v) is 5.33. The Morgan fingerprint density at radius 2 is 2.15 bits per heavy atom. The number of ketones is 1. The molecule has 1 heterocycles. The highest BCUT2D eigenvalue weighted by molar-refractivity contribution is 8.01. The number of Topliss-reactive ketones (excluding diaryl/α,β-unsaturated/α-hetero) is 1. The SMILES string of the molecule is CCOC(=O)C(Sc1nc(C)cc(C)c1C#N)C(C)=O. The van der Waals surface area contributed by atoms with Crippen LogP contribution in [0.3, 0.4) is 0 Å². The second kappa shape index (κ2) is 7.06. The van der Waals surface area contributed by atoms with E-state index in [2.05, 4.69) is 11.1 Å². The molecule has 20 heavy (non-hydrogen) atoms. The molecule has 0 aromatic carbocycles. The third kappa shape index (κ3) is 3.81. The summed E-state index contributed by atoms with van der Waals surface area (Å²) in [5.74, 6) is -0.923. The van der Waals surface area contributed by atoms with Crippen LogP contribution in [0.5, 0.6) is 0 Å². The number of hydrogen-bond acceptors (Lipinski definition) is 6. The van der Waals surface area contributed by atoms with Gasteiger partial charge in [-0.1, -0.05) is 11.8 Å². The average molecular weight is 292 g/mol. The zero-order chi connectivity index (χ0) is 15.3. The van der Waals surface area contributed by atoms with Gasteiger partial charge in [0.05, 0.1) is 12.2 Å². The van der Waals surface area contributed by atoms with E-state index in [1.54, 1.807) is 26.8 Å². The molecule has 0 radical (unpaired) electrons. The number of carbonyl (C=O) groups is 2. The maximum Gasteiger partial charge on any atom is 0.327 e. The number of nitriles is 1. The topological polar surface area (TPSA) is 80.0 Å². The predicted octanol–water partition coefficient (Wildman–Crippen LogP) is 2.18. The summed E-state index contributed by atoms with van der Waals surface area (Å²) in [4.78, 5) is 27.6. The normalized spacial score (nSPS) is 11.6. The van der Waals surface area contributed by atoms with Gasteiger partial charge in [0.2, 0.25) is 0 Å². The van der Waals surface area contributed by atoms with Gasteiger partial charge >= 0.3 is 5.97 Å². The lowest BCUT2D eigenvalue weighted by Gasteiger charge is -2.13. The molecule has 0 aliphatic rings. The Labute approximate surface area is 122 Å². The molecule has 1 unspecified atom stereocenters. The molecule has 0 N–H and O–H groups in total. The molecule has 0 aliphatic heterocycles. The summed E-state index contributed by atoms with van der Waals surface area (Å²) in [5.41, 5.74) is 1.89. The Kier molecular flexibility index (Phi) is 5.71. The maximum absolute atomic E-state index is 11.8. The van der Waals surface area contributed by atoms with Crippen LogP contribution in [0.1, 0.15) is 30.7 Å². The van der Waals surface area contributed by atoms with Crippen LogP contribution < -0.4 is 0 Å². The van der Waals surface area contributed by atoms with Crippen LogP contribution in [0.15, 0.2) is 11.1 Å². The molecule has 0 aliphatic carbocycles. The lowest BCUT2D eigenvalue weighted by molar-refractivity contribution is -0.144. The second-order valence-electron chi connectivity index (χ2n) is 4.23. The van der Waals surface area contributed by atoms with Crippen molar-refractivity contribution < 1.29 is 14.3 Å². The van der Waals surface area contributed by atoms with Gasteiger partial charge < -0.3 is 4.74 Å². The largest absolute Gasteiger partial charge is 0.465 e. The molecule has 1 atom stereocenters. The van der Waals surface area contributed by atoms with E-state index in [1.807, 2.05) is 0 Å². The summed E-state index contributed by atoms with van der Waals surface area (Å²) in [6, 6.07) is 3.85. The van der Waals surface area contributed by atoms with Crippen molar-refractivity contribution in [2.75, 3.05) is 6.61 Å². The highest BCUT2D eigenvalue weighted by Gasteiger charge is 2.28. The van der Waals surface area contributed by atoms with Crippen molar-refractivity contribution in [2.24, 2.45) is 0 Å². The first-order chi connectivity index (χ1) is 9.40. The van der Waals surface area contributed by atoms with Crippen LogP contribution in [-0.4, -0.2) is 28.6 Å². The van der Waals surface area contributed by atoms with Crippen molar-refractivity contribution in [3.05, 3.63) is 22.9 Å². The fourth-order valence-corrected chi connectivity index (χ4v) is 2.73. The fraction of sp³-hybridized carbons (Fsp3) is 0.429. The molecule has 6 heteroatoms. The van der Waals surface area contributed by atoms with E-state index in [-0.39, 0.29) is 12.4 Å². The summed E-state index contributed by atoms with van der Waals surface area (Å²) in [6.45, 7) is 6.79. The summed E-state index contributed by atoms with van der Waals surface area (Å²) in [5, 5.41) is 8.58. The number of esters is 1. The Balaban J connectivity index is 3.15. The monoisotopic (exact) mass is 292 g/mol. The summed E-state index contributed by atoms with van der Waals surface area (Å²) < 4.78 is 4.88. The van der Waals surface area contributed by atoms with Gasteiger partial charge in [-0.15, -0.1) is 0 Å². The third-order valence-corrected chi connectivity index (χ3v) is 3.80. The van der Waals surface area contributed by atoms with Crippen molar-refractivity contribution in [3.63, 3.8) is 0 Å². The zero-order valence-electron chi connectivity index (χ0n) is 11.9. The first-order valence-corrected chi connectivity index (χ1v) is 7.00. The van der Waals surface area contributed by atoms with Gasteiger partial charge in [0.1, 0.15) is 11.1 Å². The van der Waals surface area contributed by atoms with Crippen LogP contribution in [0.25, 0.3) is 0 Å². The zero-order valence-corrected chi connectivity index (χ0v) is 12.7. The number of rotatable bonds is 5. The number of pyridine rings is 1. The van der Waals surface area contributed by atoms with Gasteiger partial charge in [-0.05, 0) is 39.3 Å². The van der Waals surface area contributed by atoms with Gasteiger partial charge in [0, 0.05) is 5.69 Å². The average Bonchev–Trinajstić information content (AvgIpc) is 2.35. The van der Waals surface area contributed by atoms with E-state index < -0.39 is 11.2 Å². The number of aromatic nitrogens is 1. The van der Waals surface area contributed by atoms with Crippen molar-refractivity contribution in [3.8, 4) is 6.07 Å². The van der Waals surface area contributed by atoms with Crippen LogP contribution in [0, 0.1) is 25.2 Å². The Morgan fingerprint density at radius 3 is 2.65 bits per heavy atom. The van der Waals surface area contributed by atoms with Gasteiger partial charge in [-0.25, -0.2) is 4.98 Å². The van der Waals surface area contributed by atoms with Gasteiger partial charge in [0.15, 0.2) is 11.0 Å². The van der Waals surface area contributed by atoms with E-state index in [4.69, 9.17) is 4.74 Å². The van der Waals surface area contributed by atoms with Gasteiger partial charge in [-0.3, -0.25) is 9.59 Å². The molecule has 0 amide bonds. The summed E-state index contributed by atoms with van der Waals surface area (Å²) in [6.07, 6.45) is 0. The Hall–Kier alpha value is -1.87. The number of thioether (sulfide) groups is 1. The van der Waals surface area contributed by atoms with Gasteiger partial charge in [-0.2, -0.15) is 5.26 Å². The van der Waals surface area contributed by atoms with Crippen molar-refractivity contribution in [1.82, 2.24) is 4.98 Å². The smallest absolute Gasteiger partial charge is 0.327 e. The van der Waals surface area contributed by atoms with Crippen LogP contribution in [0.2, 0.25) is 0 Å². The van der Waals surface area contributed by atoms with E-state index in [1.165, 1.54) is 6.92 Å². The molecule has 0 fully saturated rings. The number of nitrogens with zero attached hydrogens (tertiary/aromatic N) is 2. The van der Waals surface area contributed by atoms with E-state index in [0.717, 1.165) is 23.0 Å². The molecule has 106 valence electrons. The van der Waals surface area contributed by atoms with Crippen molar-refractivity contribution in [2.45, 2.75) is 38.0 Å². The lowest BCUT2D eigenvalue weighted by Crippen LogP contribution is -2.27. The highest BCUT2D eigenvalue weighted by Crippen LogP contribution is 2.28. The van der Waals surface area contributed by atoms with E-state index in [0.29, 0.717) is 10.6 Å². The molecular weight excluding hydrogens is 276 g/mol. The standard InChI is InChI=1S/C14H16N2O3S/c1-5-19-14(18)12(10(4)17)20-13-11(7-15)8(2)6-9(3)16-13/h6,12H,5H2,1-4H3. The first kappa shape index (κ1) is 16.2. The molecule has 0 saturated carbocycles. The molecule has 0 saturated heterocycles. The van der Waals surface area contributed by atoms with Crippen LogP contribution in [0.4, 0.5) is 0 Å². The quantitative estimate of drug-likeness (QED) is 0.470. The number of aryl methyl sites for hydroxylation is 2. The predicted molar refractivity (Wildman–Crippen MR) is 75.4 cm³/mol. The summed E-state index contributed by atoms with van der Waals surface area (Å²) in [7, 11) is 0. The van der Waals surface area contributed by atoms with Gasteiger partial charge in [0.25, 0.3) is 0 Å². The molecule has 5 nitrogen and oxygen atoms in total. The molecule has 1 rings (SSSR count). The Morgan fingerprint density at radius 1 is 1.50 bits per heavy atom. The maximum atomic E-state index is 11.8. The lowest BCUT2D eigenvalue weighted by atomic mass is 10.1. The number of carbonyl (C=O) groups excluding carboxylic acids is 2. The molecule has 0 spiro atoms. The third-order valence-electron chi connectivity index (χ3n) is 2.52. The fourth-order valence-electron chi connectivity index (χ4n) is 1.65. The number of hydrogen-bond donors (Lipinski definition) is 0. The van der Waals surface area contributed by atoms with Crippen molar-refractivity contribution >= 4 is 23.5 Å². The van der Waals surface area contributed by atoms with Crippen molar-refractivity contribution in [1.29, 1.82) is 5.26 Å². The highest BCUT2D eigenvalue weighted by atomic mass is 32.2. The first-order valence-electron chi connectivity index (χ1n) is 6.12. The minimum Gasteiger partial charge on any atom is -0.465 e. The van der Waals surface area contributed by atoms with E-state index >= 15 is 0 Å². The number of ether oxygens (including phenoxy) is 1. The molecule has 1 aromatic rings. The minimum atomic E-state index is -0.990. The van der Waals surface area contributed by atoms with E-state index in [9.17, 15) is 14.9 Å².